The van der Waals surface area contributed by atoms with Gasteiger partial charge in [0, 0.05) is 19.5 Å². The van der Waals surface area contributed by atoms with E-state index in [4.69, 9.17) is 12.2 Å². The van der Waals surface area contributed by atoms with E-state index in [2.05, 4.69) is 16.2 Å². The summed E-state index contributed by atoms with van der Waals surface area (Å²) in [6.07, 6.45) is 12.1. The molecule has 0 aromatic carbocycles. The predicted molar refractivity (Wildman–Crippen MR) is 79.9 cm³/mol. The lowest BCUT2D eigenvalue weighted by molar-refractivity contribution is 0.326. The van der Waals surface area contributed by atoms with Gasteiger partial charge in [-0.1, -0.05) is 6.42 Å². The first-order valence-electron chi connectivity index (χ1n) is 5.80. The van der Waals surface area contributed by atoms with Gasteiger partial charge in [0.25, 0.3) is 0 Å². The normalized spacial score (nSPS) is 15.8. The topological polar surface area (TPSA) is 50.4 Å². The van der Waals surface area contributed by atoms with Crippen molar-refractivity contribution in [2.24, 2.45) is 16.6 Å². The molecule has 0 atom stereocenters. The minimum absolute atomic E-state index is 0. The van der Waals surface area contributed by atoms with Crippen molar-refractivity contribution < 1.29 is 0 Å². The fraction of sp³-hybridized carbons (Fsp3) is 0.750. The summed E-state index contributed by atoms with van der Waals surface area (Å²) in [6.45, 7) is 1.77. The van der Waals surface area contributed by atoms with Gasteiger partial charge in [-0.25, -0.2) is 0 Å². The zero-order valence-electron chi connectivity index (χ0n) is 9.74. The first-order valence-corrected chi connectivity index (χ1v) is 5.80. The molecule has 1 rings (SSSR count). The number of guanidine groups is 1. The number of terminal acetylenes is 1. The lowest BCUT2D eigenvalue weighted by Crippen LogP contribution is -2.33. The van der Waals surface area contributed by atoms with Gasteiger partial charge in [-0.2, -0.15) is 0 Å². The number of nitrogens with two attached hydrogens (primary N) is 1. The molecule has 0 saturated heterocycles. The Morgan fingerprint density at radius 2 is 2.19 bits per heavy atom. The zero-order chi connectivity index (χ0) is 10.9. The lowest BCUT2D eigenvalue weighted by atomic mass is 9.86. The van der Waals surface area contributed by atoms with Crippen molar-refractivity contribution in [2.45, 2.75) is 38.5 Å². The fourth-order valence-corrected chi connectivity index (χ4v) is 1.53. The Morgan fingerprint density at radius 1 is 1.44 bits per heavy atom. The Morgan fingerprint density at radius 3 is 2.75 bits per heavy atom. The van der Waals surface area contributed by atoms with E-state index in [-0.39, 0.29) is 24.0 Å². The maximum Gasteiger partial charge on any atom is 0.188 e. The van der Waals surface area contributed by atoms with E-state index in [1.165, 1.54) is 19.3 Å². The molecule has 92 valence electrons. The second-order valence-corrected chi connectivity index (χ2v) is 4.11. The molecule has 0 spiro atoms. The number of rotatable bonds is 6. The average molecular weight is 335 g/mol. The van der Waals surface area contributed by atoms with Gasteiger partial charge in [-0.3, -0.25) is 4.99 Å². The highest BCUT2D eigenvalue weighted by Crippen LogP contribution is 2.26. The Kier molecular flexibility index (Phi) is 9.49. The average Bonchev–Trinajstić information content (AvgIpc) is 2.15. The summed E-state index contributed by atoms with van der Waals surface area (Å²) in [5.41, 5.74) is 5.71. The van der Waals surface area contributed by atoms with Gasteiger partial charge in [0.1, 0.15) is 0 Å². The standard InChI is InChI=1S/C12H21N3.HI/c1-2-3-4-5-9-14-12(13)15-10-11-7-6-8-11;/h1,11H,3-10H2,(H3,13,14,15);1H. The third-order valence-corrected chi connectivity index (χ3v) is 2.80. The van der Waals surface area contributed by atoms with Crippen LogP contribution >= 0.6 is 24.0 Å². The van der Waals surface area contributed by atoms with E-state index in [0.29, 0.717) is 5.96 Å². The maximum atomic E-state index is 5.71. The summed E-state index contributed by atoms with van der Waals surface area (Å²) in [7, 11) is 0. The van der Waals surface area contributed by atoms with Crippen LogP contribution in [0.2, 0.25) is 0 Å². The Balaban J connectivity index is 0.00000225. The summed E-state index contributed by atoms with van der Waals surface area (Å²) >= 11 is 0. The molecule has 0 radical (unpaired) electrons. The van der Waals surface area contributed by atoms with Gasteiger partial charge in [0.15, 0.2) is 5.96 Å². The molecule has 0 heterocycles. The Labute approximate surface area is 116 Å². The van der Waals surface area contributed by atoms with Crippen LogP contribution in [-0.4, -0.2) is 19.0 Å². The molecule has 3 nitrogen and oxygen atoms in total. The van der Waals surface area contributed by atoms with Gasteiger partial charge >= 0.3 is 0 Å². The fourth-order valence-electron chi connectivity index (χ4n) is 1.53. The molecular formula is C12H22IN3. The van der Waals surface area contributed by atoms with Gasteiger partial charge in [-0.15, -0.1) is 36.3 Å². The predicted octanol–water partition coefficient (Wildman–Crippen LogP) is 2.11. The first kappa shape index (κ1) is 15.6. The number of aliphatic imine (C=N–C) groups is 1. The van der Waals surface area contributed by atoms with Gasteiger partial charge in [0.05, 0.1) is 0 Å². The molecule has 3 N–H and O–H groups in total. The van der Waals surface area contributed by atoms with E-state index < -0.39 is 0 Å². The molecular weight excluding hydrogens is 313 g/mol. The lowest BCUT2D eigenvalue weighted by Gasteiger charge is -2.23. The summed E-state index contributed by atoms with van der Waals surface area (Å²) in [5.74, 6) is 3.99. The van der Waals surface area contributed by atoms with Crippen LogP contribution < -0.4 is 11.1 Å². The van der Waals surface area contributed by atoms with Crippen molar-refractivity contribution in [3.05, 3.63) is 0 Å². The van der Waals surface area contributed by atoms with Gasteiger partial charge in [-0.05, 0) is 31.6 Å². The smallest absolute Gasteiger partial charge is 0.188 e. The first-order chi connectivity index (χ1) is 7.33. The second-order valence-electron chi connectivity index (χ2n) is 4.11. The highest BCUT2D eigenvalue weighted by atomic mass is 127. The summed E-state index contributed by atoms with van der Waals surface area (Å²) < 4.78 is 0. The molecule has 16 heavy (non-hydrogen) atoms. The van der Waals surface area contributed by atoms with Crippen LogP contribution in [0, 0.1) is 18.3 Å². The minimum atomic E-state index is 0. The highest BCUT2D eigenvalue weighted by Gasteiger charge is 2.16. The van der Waals surface area contributed by atoms with Crippen LogP contribution in [0.4, 0.5) is 0 Å². The number of unbranched alkanes of at least 4 members (excludes halogenated alkanes) is 2. The van der Waals surface area contributed by atoms with E-state index in [9.17, 15) is 0 Å². The quantitative estimate of drug-likeness (QED) is 0.257. The van der Waals surface area contributed by atoms with E-state index in [0.717, 1.165) is 38.3 Å². The largest absolute Gasteiger partial charge is 0.370 e. The molecule has 4 heteroatoms. The van der Waals surface area contributed by atoms with E-state index in [1.807, 2.05) is 0 Å². The molecule has 0 aromatic heterocycles. The van der Waals surface area contributed by atoms with E-state index in [1.54, 1.807) is 0 Å². The van der Waals surface area contributed by atoms with E-state index >= 15 is 0 Å². The molecule has 0 aliphatic heterocycles. The molecule has 1 saturated carbocycles. The second kappa shape index (κ2) is 9.76. The Hall–Kier alpha value is -0.440. The minimum Gasteiger partial charge on any atom is -0.370 e. The number of nitrogens with one attached hydrogen (secondary N) is 1. The van der Waals surface area contributed by atoms with Crippen molar-refractivity contribution in [1.29, 1.82) is 0 Å². The molecule has 1 aliphatic rings. The number of nitrogens with zero attached hydrogens (tertiary/aromatic N) is 1. The van der Waals surface area contributed by atoms with Crippen LogP contribution in [0.3, 0.4) is 0 Å². The maximum absolute atomic E-state index is 5.71. The van der Waals surface area contributed by atoms with Crippen molar-refractivity contribution in [3.8, 4) is 12.3 Å². The monoisotopic (exact) mass is 335 g/mol. The molecule has 0 bridgehead atoms. The van der Waals surface area contributed by atoms with Crippen LogP contribution in [0.25, 0.3) is 0 Å². The molecule has 1 fully saturated rings. The van der Waals surface area contributed by atoms with Crippen LogP contribution in [0.15, 0.2) is 4.99 Å². The van der Waals surface area contributed by atoms with Crippen LogP contribution in [0.5, 0.6) is 0 Å². The molecule has 1 aliphatic carbocycles. The molecule has 0 aromatic rings. The highest BCUT2D eigenvalue weighted by molar-refractivity contribution is 14.0. The third kappa shape index (κ3) is 6.94. The summed E-state index contributed by atoms with van der Waals surface area (Å²) in [5, 5.41) is 3.10. The molecule has 0 amide bonds. The summed E-state index contributed by atoms with van der Waals surface area (Å²) in [6, 6.07) is 0. The van der Waals surface area contributed by atoms with Crippen molar-refractivity contribution in [3.63, 3.8) is 0 Å². The van der Waals surface area contributed by atoms with Gasteiger partial charge in [0.2, 0.25) is 0 Å². The van der Waals surface area contributed by atoms with Gasteiger partial charge < -0.3 is 11.1 Å². The van der Waals surface area contributed by atoms with Crippen molar-refractivity contribution in [2.75, 3.05) is 13.1 Å². The number of hydrogen-bond donors (Lipinski definition) is 2. The zero-order valence-corrected chi connectivity index (χ0v) is 12.1. The summed E-state index contributed by atoms with van der Waals surface area (Å²) in [4.78, 5) is 4.31. The Bertz CT molecular complexity index is 241. The van der Waals surface area contributed by atoms with Crippen LogP contribution in [0.1, 0.15) is 38.5 Å². The van der Waals surface area contributed by atoms with Crippen molar-refractivity contribution >= 4 is 29.9 Å². The number of hydrogen-bond acceptors (Lipinski definition) is 1. The third-order valence-electron chi connectivity index (χ3n) is 2.80. The molecule has 0 unspecified atom stereocenters. The number of halogens is 1. The SMILES string of the molecule is C#CCCCCNC(N)=NCC1CCC1.I. The van der Waals surface area contributed by atoms with Crippen molar-refractivity contribution in [1.82, 2.24) is 5.32 Å². The van der Waals surface area contributed by atoms with Crippen LogP contribution in [-0.2, 0) is 0 Å².